The SMILES string of the molecule is Cn1nccc1NS(=O)(=O)c1c(Cl)nc2ccccn12. The van der Waals surface area contributed by atoms with Crippen molar-refractivity contribution in [2.24, 2.45) is 7.05 Å². The maximum absolute atomic E-state index is 12.5. The van der Waals surface area contributed by atoms with Crippen molar-refractivity contribution in [3.05, 3.63) is 41.8 Å². The van der Waals surface area contributed by atoms with Gasteiger partial charge in [-0.05, 0) is 12.1 Å². The minimum atomic E-state index is -3.86. The molecule has 0 amide bonds. The van der Waals surface area contributed by atoms with Gasteiger partial charge in [0.25, 0.3) is 10.0 Å². The second-order valence-electron chi connectivity index (χ2n) is 4.08. The minimum Gasteiger partial charge on any atom is -0.288 e. The number of hydrogen-bond acceptors (Lipinski definition) is 4. The lowest BCUT2D eigenvalue weighted by Crippen LogP contribution is -2.17. The van der Waals surface area contributed by atoms with Crippen molar-refractivity contribution in [2.45, 2.75) is 5.03 Å². The normalized spacial score (nSPS) is 11.9. The molecule has 0 saturated carbocycles. The first kappa shape index (κ1) is 12.9. The number of pyridine rings is 1. The first-order valence-electron chi connectivity index (χ1n) is 5.62. The lowest BCUT2D eigenvalue weighted by atomic mass is 10.5. The summed E-state index contributed by atoms with van der Waals surface area (Å²) in [5, 5.41) is 3.72. The van der Waals surface area contributed by atoms with Crippen LogP contribution < -0.4 is 4.72 Å². The van der Waals surface area contributed by atoms with Gasteiger partial charge >= 0.3 is 0 Å². The highest BCUT2D eigenvalue weighted by molar-refractivity contribution is 7.92. The van der Waals surface area contributed by atoms with Crippen LogP contribution in [0.15, 0.2) is 41.7 Å². The zero-order chi connectivity index (χ0) is 14.3. The van der Waals surface area contributed by atoms with Crippen molar-refractivity contribution in [3.63, 3.8) is 0 Å². The van der Waals surface area contributed by atoms with Crippen LogP contribution >= 0.6 is 11.6 Å². The second-order valence-corrected chi connectivity index (χ2v) is 6.04. The fraction of sp³-hybridized carbons (Fsp3) is 0.0909. The maximum atomic E-state index is 12.5. The predicted octanol–water partition coefficient (Wildman–Crippen LogP) is 1.52. The molecule has 1 N–H and O–H groups in total. The van der Waals surface area contributed by atoms with Gasteiger partial charge in [0.15, 0.2) is 10.2 Å². The summed E-state index contributed by atoms with van der Waals surface area (Å²) in [6, 6.07) is 6.68. The Balaban J connectivity index is 2.14. The van der Waals surface area contributed by atoms with Crippen molar-refractivity contribution in [1.29, 1.82) is 0 Å². The van der Waals surface area contributed by atoms with E-state index in [9.17, 15) is 8.42 Å². The van der Waals surface area contributed by atoms with Gasteiger partial charge in [0.05, 0.1) is 6.20 Å². The van der Waals surface area contributed by atoms with Crippen LogP contribution in [0.5, 0.6) is 0 Å². The number of nitrogens with one attached hydrogen (secondary N) is 1. The molecule has 20 heavy (non-hydrogen) atoms. The number of sulfonamides is 1. The maximum Gasteiger partial charge on any atom is 0.282 e. The van der Waals surface area contributed by atoms with Crippen molar-refractivity contribution >= 4 is 33.1 Å². The average molecular weight is 312 g/mol. The molecule has 3 aromatic heterocycles. The lowest BCUT2D eigenvalue weighted by Gasteiger charge is -2.07. The summed E-state index contributed by atoms with van der Waals surface area (Å²) in [6.07, 6.45) is 3.08. The average Bonchev–Trinajstić information content (AvgIpc) is 2.92. The van der Waals surface area contributed by atoms with Gasteiger partial charge in [0, 0.05) is 19.3 Å². The molecule has 7 nitrogen and oxygen atoms in total. The molecule has 0 bridgehead atoms. The van der Waals surface area contributed by atoms with Gasteiger partial charge in [0.2, 0.25) is 0 Å². The molecular weight excluding hydrogens is 302 g/mol. The quantitative estimate of drug-likeness (QED) is 0.795. The van der Waals surface area contributed by atoms with Gasteiger partial charge < -0.3 is 0 Å². The summed E-state index contributed by atoms with van der Waals surface area (Å²) in [6.45, 7) is 0. The summed E-state index contributed by atoms with van der Waals surface area (Å²) < 4.78 is 30.2. The molecule has 9 heteroatoms. The van der Waals surface area contributed by atoms with Crippen molar-refractivity contribution < 1.29 is 8.42 Å². The summed E-state index contributed by atoms with van der Waals surface area (Å²) in [7, 11) is -2.23. The monoisotopic (exact) mass is 311 g/mol. The van der Waals surface area contributed by atoms with Crippen LogP contribution in [0.1, 0.15) is 0 Å². The summed E-state index contributed by atoms with van der Waals surface area (Å²) in [5.74, 6) is 0.340. The predicted molar refractivity (Wildman–Crippen MR) is 74.2 cm³/mol. The molecule has 3 rings (SSSR count). The van der Waals surface area contributed by atoms with Crippen LogP contribution in [0.3, 0.4) is 0 Å². The molecule has 0 aliphatic rings. The van der Waals surface area contributed by atoms with E-state index in [1.165, 1.54) is 15.3 Å². The number of nitrogens with zero attached hydrogens (tertiary/aromatic N) is 4. The Bertz CT molecular complexity index is 883. The van der Waals surface area contributed by atoms with E-state index in [-0.39, 0.29) is 10.2 Å². The lowest BCUT2D eigenvalue weighted by molar-refractivity contribution is 0.595. The van der Waals surface area contributed by atoms with Gasteiger partial charge in [-0.1, -0.05) is 17.7 Å². The van der Waals surface area contributed by atoms with Crippen LogP contribution in [0.25, 0.3) is 5.65 Å². The molecule has 0 aliphatic carbocycles. The molecule has 3 aromatic rings. The van der Waals surface area contributed by atoms with Gasteiger partial charge in [-0.2, -0.15) is 13.5 Å². The molecule has 0 radical (unpaired) electrons. The number of anilines is 1. The van der Waals surface area contributed by atoms with Crippen LogP contribution in [0.2, 0.25) is 5.15 Å². The van der Waals surface area contributed by atoms with Crippen molar-refractivity contribution in [3.8, 4) is 0 Å². The number of fused-ring (bicyclic) bond motifs is 1. The van der Waals surface area contributed by atoms with E-state index in [1.54, 1.807) is 37.5 Å². The first-order valence-corrected chi connectivity index (χ1v) is 7.48. The van der Waals surface area contributed by atoms with Crippen molar-refractivity contribution in [1.82, 2.24) is 19.2 Å². The van der Waals surface area contributed by atoms with E-state index in [0.29, 0.717) is 11.5 Å². The largest absolute Gasteiger partial charge is 0.288 e. The highest BCUT2D eigenvalue weighted by Crippen LogP contribution is 2.24. The van der Waals surface area contributed by atoms with E-state index in [4.69, 9.17) is 11.6 Å². The van der Waals surface area contributed by atoms with E-state index in [2.05, 4.69) is 14.8 Å². The number of aromatic nitrogens is 4. The number of imidazole rings is 1. The Labute approximate surface area is 119 Å². The van der Waals surface area contributed by atoms with Crippen LogP contribution in [0.4, 0.5) is 5.82 Å². The number of hydrogen-bond donors (Lipinski definition) is 1. The molecule has 104 valence electrons. The fourth-order valence-corrected chi connectivity index (χ4v) is 3.58. The molecule has 0 unspecified atom stereocenters. The van der Waals surface area contributed by atoms with E-state index in [0.717, 1.165) is 0 Å². The third kappa shape index (κ3) is 2.02. The fourth-order valence-electron chi connectivity index (χ4n) is 1.85. The Morgan fingerprint density at radius 3 is 2.80 bits per heavy atom. The Morgan fingerprint density at radius 1 is 1.30 bits per heavy atom. The van der Waals surface area contributed by atoms with E-state index < -0.39 is 10.0 Å². The smallest absolute Gasteiger partial charge is 0.282 e. The topological polar surface area (TPSA) is 81.3 Å². The van der Waals surface area contributed by atoms with Gasteiger partial charge in [-0.25, -0.2) is 4.98 Å². The van der Waals surface area contributed by atoms with E-state index in [1.807, 2.05) is 0 Å². The number of rotatable bonds is 3. The molecule has 0 fully saturated rings. The van der Waals surface area contributed by atoms with Gasteiger partial charge in [0.1, 0.15) is 11.5 Å². The Hall–Kier alpha value is -2.06. The molecule has 3 heterocycles. The first-order chi connectivity index (χ1) is 9.49. The molecular formula is C11H10ClN5O2S. The van der Waals surface area contributed by atoms with Crippen LogP contribution in [-0.4, -0.2) is 27.6 Å². The summed E-state index contributed by atoms with van der Waals surface area (Å²) in [4.78, 5) is 4.02. The molecule has 0 spiro atoms. The van der Waals surface area contributed by atoms with Gasteiger partial charge in [-0.3, -0.25) is 13.8 Å². The summed E-state index contributed by atoms with van der Waals surface area (Å²) >= 11 is 5.96. The zero-order valence-electron chi connectivity index (χ0n) is 10.4. The van der Waals surface area contributed by atoms with Gasteiger partial charge in [-0.15, -0.1) is 0 Å². The molecule has 0 aliphatic heterocycles. The number of halogens is 1. The standard InChI is InChI=1S/C11H10ClN5O2S/c1-16-9(5-6-13-16)15-20(18,19)11-10(12)14-8-4-2-3-7-17(8)11/h2-7,15H,1H3. The second kappa shape index (κ2) is 4.50. The number of aryl methyl sites for hydroxylation is 1. The summed E-state index contributed by atoms with van der Waals surface area (Å²) in [5.41, 5.74) is 0.461. The van der Waals surface area contributed by atoms with Crippen LogP contribution in [0, 0.1) is 0 Å². The zero-order valence-corrected chi connectivity index (χ0v) is 11.9. The van der Waals surface area contributed by atoms with Crippen LogP contribution in [-0.2, 0) is 17.1 Å². The Morgan fingerprint density at radius 2 is 2.10 bits per heavy atom. The Kier molecular flexibility index (Phi) is 2.91. The minimum absolute atomic E-state index is 0.0779. The molecule has 0 aromatic carbocycles. The van der Waals surface area contributed by atoms with Crippen molar-refractivity contribution in [2.75, 3.05) is 4.72 Å². The highest BCUT2D eigenvalue weighted by atomic mass is 35.5. The van der Waals surface area contributed by atoms with E-state index >= 15 is 0 Å². The third-order valence-corrected chi connectivity index (χ3v) is 4.51. The molecule has 0 atom stereocenters. The highest BCUT2D eigenvalue weighted by Gasteiger charge is 2.25. The molecule has 0 saturated heterocycles. The third-order valence-electron chi connectivity index (χ3n) is 2.76.